The van der Waals surface area contributed by atoms with Crippen LogP contribution >= 0.6 is 0 Å². The first-order chi connectivity index (χ1) is 14.3. The van der Waals surface area contributed by atoms with Gasteiger partial charge in [0.05, 0.1) is 18.6 Å². The Morgan fingerprint density at radius 3 is 2.63 bits per heavy atom. The van der Waals surface area contributed by atoms with Gasteiger partial charge in [0, 0.05) is 18.4 Å². The number of halogens is 3. The van der Waals surface area contributed by atoms with Crippen molar-refractivity contribution in [3.63, 3.8) is 0 Å². The third-order valence-electron chi connectivity index (χ3n) is 5.50. The monoisotopic (exact) mass is 420 g/mol. The highest BCUT2D eigenvalue weighted by atomic mass is 19.4. The van der Waals surface area contributed by atoms with Crippen molar-refractivity contribution in [2.45, 2.75) is 38.0 Å². The molecule has 7 nitrogen and oxygen atoms in total. The van der Waals surface area contributed by atoms with Gasteiger partial charge in [0.2, 0.25) is 11.9 Å². The Labute approximate surface area is 172 Å². The van der Waals surface area contributed by atoms with Gasteiger partial charge < -0.3 is 20.9 Å². The Morgan fingerprint density at radius 1 is 1.23 bits per heavy atom. The lowest BCUT2D eigenvalue weighted by molar-refractivity contribution is -0.137. The summed E-state index contributed by atoms with van der Waals surface area (Å²) in [7, 11) is 1.75. The largest absolute Gasteiger partial charge is 0.421 e. The number of rotatable bonds is 6. The summed E-state index contributed by atoms with van der Waals surface area (Å²) in [5.74, 6) is -0.117. The summed E-state index contributed by atoms with van der Waals surface area (Å²) in [6.45, 7) is 2.29. The molecule has 1 saturated heterocycles. The third-order valence-corrected chi connectivity index (χ3v) is 5.50. The van der Waals surface area contributed by atoms with E-state index in [1.165, 1.54) is 0 Å². The number of hydrogen-bond donors (Lipinski definition) is 3. The van der Waals surface area contributed by atoms with Crippen molar-refractivity contribution in [2.75, 3.05) is 30.8 Å². The van der Waals surface area contributed by atoms with E-state index in [2.05, 4.69) is 25.9 Å². The van der Waals surface area contributed by atoms with Crippen LogP contribution in [-0.2, 0) is 11.0 Å². The number of alkyl halides is 3. The number of aromatic nitrogens is 2. The van der Waals surface area contributed by atoms with Crippen molar-refractivity contribution >= 4 is 23.4 Å². The molecule has 1 amide bonds. The van der Waals surface area contributed by atoms with Crippen LogP contribution in [0.15, 0.2) is 24.4 Å². The lowest BCUT2D eigenvalue weighted by Gasteiger charge is -2.22. The van der Waals surface area contributed by atoms with Gasteiger partial charge in [-0.3, -0.25) is 4.79 Å². The minimum atomic E-state index is -4.54. The van der Waals surface area contributed by atoms with Gasteiger partial charge >= 0.3 is 6.18 Å². The maximum absolute atomic E-state index is 13.1. The fourth-order valence-electron chi connectivity index (χ4n) is 4.34. The number of likely N-dealkylation sites (N-methyl/N-ethyl adjacent to an activating group) is 1. The molecule has 30 heavy (non-hydrogen) atoms. The van der Waals surface area contributed by atoms with Crippen LogP contribution in [0.4, 0.5) is 30.6 Å². The molecule has 0 saturated carbocycles. The van der Waals surface area contributed by atoms with Crippen molar-refractivity contribution < 1.29 is 18.0 Å². The molecular weight excluding hydrogens is 397 g/mol. The molecule has 1 aromatic carbocycles. The molecule has 3 N–H and O–H groups in total. The molecule has 2 aromatic rings. The highest BCUT2D eigenvalue weighted by molar-refractivity contribution is 5.81. The predicted octanol–water partition coefficient (Wildman–Crippen LogP) is 3.61. The number of hydrogen-bond acceptors (Lipinski definition) is 6. The SMILES string of the molecule is CCNc1nc(Nc2ccc3c(c2)[C@H]2CC[C@@H]3N2C(=O)CNC)ncc1C(F)(F)F. The second kappa shape index (κ2) is 7.75. The van der Waals surface area contributed by atoms with Crippen LogP contribution in [0.2, 0.25) is 0 Å². The molecule has 1 fully saturated rings. The molecule has 1 aromatic heterocycles. The van der Waals surface area contributed by atoms with Crippen molar-refractivity contribution in [1.82, 2.24) is 20.2 Å². The van der Waals surface area contributed by atoms with Gasteiger partial charge in [0.25, 0.3) is 0 Å². The molecule has 10 heteroatoms. The van der Waals surface area contributed by atoms with Gasteiger partial charge in [-0.05, 0) is 50.1 Å². The van der Waals surface area contributed by atoms with E-state index in [0.29, 0.717) is 18.8 Å². The van der Waals surface area contributed by atoms with Gasteiger partial charge in [0.15, 0.2) is 0 Å². The van der Waals surface area contributed by atoms with Gasteiger partial charge in [-0.25, -0.2) is 4.98 Å². The number of nitrogens with zero attached hydrogens (tertiary/aromatic N) is 3. The standard InChI is InChI=1S/C20H23F3N6O/c1-3-25-18-14(20(21,22)23)9-26-19(28-18)27-11-4-5-12-13(8-11)16-7-6-15(12)29(16)17(30)10-24-2/h4-5,8-9,15-16,24H,3,6-7,10H2,1-2H3,(H2,25,26,27,28)/t15-,16+/m0/s1. The van der Waals surface area contributed by atoms with E-state index in [1.807, 2.05) is 23.1 Å². The molecule has 2 aliphatic rings. The lowest BCUT2D eigenvalue weighted by Crippen LogP contribution is -2.34. The molecule has 2 atom stereocenters. The van der Waals surface area contributed by atoms with Crippen LogP contribution in [0.1, 0.15) is 48.5 Å². The highest BCUT2D eigenvalue weighted by Gasteiger charge is 2.46. The molecule has 3 heterocycles. The summed E-state index contributed by atoms with van der Waals surface area (Å²) in [6, 6.07) is 5.86. The number of carbonyl (C=O) groups is 1. The first-order valence-electron chi connectivity index (χ1n) is 9.88. The quantitative estimate of drug-likeness (QED) is 0.662. The summed E-state index contributed by atoms with van der Waals surface area (Å²) in [5.41, 5.74) is 1.96. The number of amides is 1. The molecule has 2 aliphatic heterocycles. The van der Waals surface area contributed by atoms with E-state index >= 15 is 0 Å². The molecule has 4 rings (SSSR count). The van der Waals surface area contributed by atoms with Crippen molar-refractivity contribution in [1.29, 1.82) is 0 Å². The zero-order valence-electron chi connectivity index (χ0n) is 16.7. The topological polar surface area (TPSA) is 82.2 Å². The molecule has 0 radical (unpaired) electrons. The Balaban J connectivity index is 1.59. The molecule has 0 aliphatic carbocycles. The van der Waals surface area contributed by atoms with Crippen molar-refractivity contribution in [3.8, 4) is 0 Å². The van der Waals surface area contributed by atoms with Gasteiger partial charge in [-0.1, -0.05) is 6.07 Å². The average Bonchev–Trinajstić information content (AvgIpc) is 3.25. The molecule has 0 unspecified atom stereocenters. The number of carbonyl (C=O) groups excluding carboxylic acids is 1. The second-order valence-corrected chi connectivity index (χ2v) is 7.39. The summed E-state index contributed by atoms with van der Waals surface area (Å²) in [4.78, 5) is 22.3. The lowest BCUT2D eigenvalue weighted by atomic mass is 9.91. The fraction of sp³-hybridized carbons (Fsp3) is 0.450. The van der Waals surface area contributed by atoms with E-state index in [1.54, 1.807) is 14.0 Å². The Kier molecular flexibility index (Phi) is 5.27. The third kappa shape index (κ3) is 3.55. The Hall–Kier alpha value is -2.88. The van der Waals surface area contributed by atoms with E-state index in [-0.39, 0.29) is 29.8 Å². The Bertz CT molecular complexity index is 964. The zero-order chi connectivity index (χ0) is 21.5. The van der Waals surface area contributed by atoms with Gasteiger partial charge in [-0.15, -0.1) is 0 Å². The van der Waals surface area contributed by atoms with Crippen LogP contribution in [0.25, 0.3) is 0 Å². The summed E-state index contributed by atoms with van der Waals surface area (Å²) >= 11 is 0. The van der Waals surface area contributed by atoms with E-state index < -0.39 is 11.7 Å². The summed E-state index contributed by atoms with van der Waals surface area (Å²) < 4.78 is 39.4. The highest BCUT2D eigenvalue weighted by Crippen LogP contribution is 2.53. The molecule has 2 bridgehead atoms. The van der Waals surface area contributed by atoms with Gasteiger partial charge in [-0.2, -0.15) is 18.2 Å². The van der Waals surface area contributed by atoms with Crippen LogP contribution < -0.4 is 16.0 Å². The molecule has 160 valence electrons. The van der Waals surface area contributed by atoms with E-state index in [9.17, 15) is 18.0 Å². The van der Waals surface area contributed by atoms with Crippen LogP contribution in [0, 0.1) is 0 Å². The van der Waals surface area contributed by atoms with Crippen molar-refractivity contribution in [3.05, 3.63) is 41.1 Å². The normalized spacial score (nSPS) is 19.7. The number of anilines is 3. The minimum Gasteiger partial charge on any atom is -0.370 e. The smallest absolute Gasteiger partial charge is 0.370 e. The summed E-state index contributed by atoms with van der Waals surface area (Å²) in [6.07, 6.45) is -1.92. The first kappa shape index (κ1) is 20.4. The minimum absolute atomic E-state index is 0.0263. The molecular formula is C20H23F3N6O. The zero-order valence-corrected chi connectivity index (χ0v) is 16.7. The first-order valence-corrected chi connectivity index (χ1v) is 9.88. The number of fused-ring (bicyclic) bond motifs is 5. The van der Waals surface area contributed by atoms with Crippen LogP contribution in [0.5, 0.6) is 0 Å². The second-order valence-electron chi connectivity index (χ2n) is 7.39. The van der Waals surface area contributed by atoms with Crippen LogP contribution in [-0.4, -0.2) is 40.9 Å². The maximum Gasteiger partial charge on any atom is 0.421 e. The summed E-state index contributed by atoms with van der Waals surface area (Å²) in [5, 5.41) is 8.54. The van der Waals surface area contributed by atoms with E-state index in [4.69, 9.17) is 0 Å². The number of benzene rings is 1. The number of nitrogens with one attached hydrogen (secondary N) is 3. The predicted molar refractivity (Wildman–Crippen MR) is 106 cm³/mol. The van der Waals surface area contributed by atoms with E-state index in [0.717, 1.165) is 30.2 Å². The Morgan fingerprint density at radius 2 is 1.97 bits per heavy atom. The van der Waals surface area contributed by atoms with Crippen molar-refractivity contribution in [2.24, 2.45) is 0 Å². The fourth-order valence-corrected chi connectivity index (χ4v) is 4.34. The van der Waals surface area contributed by atoms with Crippen LogP contribution in [0.3, 0.4) is 0 Å². The van der Waals surface area contributed by atoms with Gasteiger partial charge in [0.1, 0.15) is 11.4 Å². The maximum atomic E-state index is 13.1. The average molecular weight is 420 g/mol. The molecule has 0 spiro atoms.